The van der Waals surface area contributed by atoms with Gasteiger partial charge in [-0.2, -0.15) is 0 Å². The van der Waals surface area contributed by atoms with Gasteiger partial charge in [0.25, 0.3) is 0 Å². The summed E-state index contributed by atoms with van der Waals surface area (Å²) in [4.78, 5) is 4.67. The van der Waals surface area contributed by atoms with Gasteiger partial charge in [-0.05, 0) is 46.0 Å². The maximum Gasteiger partial charge on any atom is 0.191 e. The van der Waals surface area contributed by atoms with Crippen molar-refractivity contribution in [1.82, 2.24) is 25.4 Å². The van der Waals surface area contributed by atoms with Crippen molar-refractivity contribution in [2.45, 2.75) is 64.6 Å². The third-order valence-corrected chi connectivity index (χ3v) is 4.56. The van der Waals surface area contributed by atoms with E-state index in [2.05, 4.69) is 25.8 Å². The molecule has 0 aromatic carbocycles. The van der Waals surface area contributed by atoms with Gasteiger partial charge in [-0.25, -0.2) is 4.99 Å². The summed E-state index contributed by atoms with van der Waals surface area (Å²) < 4.78 is 7.33. The molecule has 0 saturated heterocycles. The van der Waals surface area contributed by atoms with E-state index in [4.69, 9.17) is 4.74 Å². The van der Waals surface area contributed by atoms with Crippen molar-refractivity contribution in [3.8, 4) is 0 Å². The Hall–Kier alpha value is -0.940. The van der Waals surface area contributed by atoms with Gasteiger partial charge in [0.15, 0.2) is 11.8 Å². The number of hydrogen-bond donors (Lipinski definition) is 3. The zero-order chi connectivity index (χ0) is 18.1. The van der Waals surface area contributed by atoms with Crippen LogP contribution in [0, 0.1) is 6.92 Å². The molecule has 0 unspecified atom stereocenters. The largest absolute Gasteiger partial charge is 0.393 e. The molecule has 1 aromatic heterocycles. The lowest BCUT2D eigenvalue weighted by molar-refractivity contribution is 0.120. The summed E-state index contributed by atoms with van der Waals surface area (Å²) in [5.41, 5.74) is 0. The number of ether oxygens (including phenoxy) is 1. The third kappa shape index (κ3) is 7.75. The molecule has 3 N–H and O–H groups in total. The fourth-order valence-electron chi connectivity index (χ4n) is 2.83. The third-order valence-electron chi connectivity index (χ3n) is 4.56. The van der Waals surface area contributed by atoms with Gasteiger partial charge in [-0.1, -0.05) is 0 Å². The molecule has 0 bridgehead atoms. The summed E-state index contributed by atoms with van der Waals surface area (Å²) in [6.45, 7) is 6.71. The first kappa shape index (κ1) is 23.1. The minimum Gasteiger partial charge on any atom is -0.393 e. The summed E-state index contributed by atoms with van der Waals surface area (Å²) in [6, 6.07) is 0.350. The monoisotopic (exact) mass is 480 g/mol. The summed E-state index contributed by atoms with van der Waals surface area (Å²) >= 11 is 0. The van der Waals surface area contributed by atoms with E-state index in [9.17, 15) is 5.11 Å². The summed E-state index contributed by atoms with van der Waals surface area (Å²) in [5.74, 6) is 2.51. The average molecular weight is 480 g/mol. The first-order chi connectivity index (χ1) is 12.1. The molecule has 1 aliphatic rings. The van der Waals surface area contributed by atoms with E-state index < -0.39 is 0 Å². The van der Waals surface area contributed by atoms with E-state index in [0.717, 1.165) is 69.5 Å². The quantitative estimate of drug-likeness (QED) is 0.226. The molecule has 8 nitrogen and oxygen atoms in total. The number of aliphatic hydroxyl groups is 1. The molecule has 1 aromatic rings. The number of nitrogens with one attached hydrogen (secondary N) is 2. The van der Waals surface area contributed by atoms with Crippen LogP contribution in [0.25, 0.3) is 0 Å². The van der Waals surface area contributed by atoms with Crippen LogP contribution in [0.1, 0.15) is 50.7 Å². The number of aryl methyl sites for hydroxylation is 1. The van der Waals surface area contributed by atoms with E-state index in [1.54, 1.807) is 0 Å². The van der Waals surface area contributed by atoms with Crippen LogP contribution in [0.2, 0.25) is 0 Å². The Labute approximate surface area is 173 Å². The molecule has 0 amide bonds. The lowest BCUT2D eigenvalue weighted by atomic mass is 9.93. The van der Waals surface area contributed by atoms with E-state index in [1.165, 1.54) is 0 Å². The highest BCUT2D eigenvalue weighted by Crippen LogP contribution is 2.18. The highest BCUT2D eigenvalue weighted by atomic mass is 127. The number of aliphatic hydroxyl groups excluding tert-OH is 1. The standard InChI is InChI=1S/C17H32N6O2.HI/c1-4-25-11-5-10-18-17(20-14-6-8-15(24)9-7-14)19-12-16-22-21-13(2)23(16)3;/h14-15,24H,4-12H2,1-3H3,(H2,18,19,20);1H. The Bertz CT molecular complexity index is 543. The van der Waals surface area contributed by atoms with Gasteiger partial charge >= 0.3 is 0 Å². The second kappa shape index (κ2) is 12.4. The molecular weight excluding hydrogens is 447 g/mol. The molecular formula is C17H33IN6O2. The summed E-state index contributed by atoms with van der Waals surface area (Å²) in [5, 5.41) is 24.8. The van der Waals surface area contributed by atoms with E-state index in [-0.39, 0.29) is 30.1 Å². The first-order valence-electron chi connectivity index (χ1n) is 9.25. The number of hydrogen-bond acceptors (Lipinski definition) is 5. The maximum atomic E-state index is 9.66. The van der Waals surface area contributed by atoms with Gasteiger partial charge < -0.3 is 25.0 Å². The highest BCUT2D eigenvalue weighted by Gasteiger charge is 2.20. The first-order valence-corrected chi connectivity index (χ1v) is 9.25. The molecule has 26 heavy (non-hydrogen) atoms. The normalized spacial score (nSPS) is 20.5. The van der Waals surface area contributed by atoms with Crippen LogP contribution in [-0.2, 0) is 18.3 Å². The zero-order valence-corrected chi connectivity index (χ0v) is 18.4. The van der Waals surface area contributed by atoms with Crippen LogP contribution in [0.3, 0.4) is 0 Å². The molecule has 1 heterocycles. The van der Waals surface area contributed by atoms with E-state index in [1.807, 2.05) is 25.5 Å². The molecule has 2 rings (SSSR count). The van der Waals surface area contributed by atoms with Crippen molar-refractivity contribution in [2.75, 3.05) is 19.8 Å². The fourth-order valence-corrected chi connectivity index (χ4v) is 2.83. The van der Waals surface area contributed by atoms with Gasteiger partial charge in [0.2, 0.25) is 0 Å². The molecule has 0 aliphatic heterocycles. The lowest BCUT2D eigenvalue weighted by Gasteiger charge is -2.27. The predicted octanol–water partition coefficient (Wildman–Crippen LogP) is 1.51. The Morgan fingerprint density at radius 3 is 2.65 bits per heavy atom. The lowest BCUT2D eigenvalue weighted by Crippen LogP contribution is -2.45. The minimum absolute atomic E-state index is 0. The SMILES string of the molecule is CCOCCCNC(=NCc1nnc(C)n1C)NC1CCC(O)CC1.I. The Balaban J connectivity index is 0.00000338. The van der Waals surface area contributed by atoms with Gasteiger partial charge in [0.05, 0.1) is 6.10 Å². The van der Waals surface area contributed by atoms with Crippen LogP contribution in [0.15, 0.2) is 4.99 Å². The van der Waals surface area contributed by atoms with Gasteiger partial charge in [-0.3, -0.25) is 0 Å². The van der Waals surface area contributed by atoms with Gasteiger partial charge in [-0.15, -0.1) is 34.2 Å². The molecule has 0 radical (unpaired) electrons. The number of rotatable bonds is 8. The van der Waals surface area contributed by atoms with Crippen LogP contribution >= 0.6 is 24.0 Å². The van der Waals surface area contributed by atoms with E-state index in [0.29, 0.717) is 12.6 Å². The van der Waals surface area contributed by atoms with Crippen molar-refractivity contribution in [3.63, 3.8) is 0 Å². The second-order valence-corrected chi connectivity index (χ2v) is 6.51. The summed E-state index contributed by atoms with van der Waals surface area (Å²) in [6.07, 6.45) is 4.39. The Kier molecular flexibility index (Phi) is 11.1. The average Bonchev–Trinajstić information content (AvgIpc) is 2.93. The van der Waals surface area contributed by atoms with Crippen molar-refractivity contribution in [3.05, 3.63) is 11.6 Å². The number of nitrogens with zero attached hydrogens (tertiary/aromatic N) is 4. The summed E-state index contributed by atoms with van der Waals surface area (Å²) in [7, 11) is 1.95. The molecule has 150 valence electrons. The fraction of sp³-hybridized carbons (Fsp3) is 0.824. The number of halogens is 1. The molecule has 1 aliphatic carbocycles. The molecule has 0 atom stereocenters. The number of guanidine groups is 1. The molecule has 0 spiro atoms. The Morgan fingerprint density at radius 1 is 1.31 bits per heavy atom. The van der Waals surface area contributed by atoms with Crippen molar-refractivity contribution in [2.24, 2.45) is 12.0 Å². The van der Waals surface area contributed by atoms with Gasteiger partial charge in [0.1, 0.15) is 12.4 Å². The van der Waals surface area contributed by atoms with Crippen LogP contribution < -0.4 is 10.6 Å². The maximum absolute atomic E-state index is 9.66. The van der Waals surface area contributed by atoms with Crippen LogP contribution in [0.4, 0.5) is 0 Å². The second-order valence-electron chi connectivity index (χ2n) is 6.51. The van der Waals surface area contributed by atoms with Crippen LogP contribution in [-0.4, -0.2) is 57.7 Å². The van der Waals surface area contributed by atoms with E-state index >= 15 is 0 Å². The van der Waals surface area contributed by atoms with Crippen molar-refractivity contribution in [1.29, 1.82) is 0 Å². The predicted molar refractivity (Wildman–Crippen MR) is 113 cm³/mol. The topological polar surface area (TPSA) is 96.6 Å². The highest BCUT2D eigenvalue weighted by molar-refractivity contribution is 14.0. The molecule has 9 heteroatoms. The van der Waals surface area contributed by atoms with Crippen molar-refractivity contribution < 1.29 is 9.84 Å². The smallest absolute Gasteiger partial charge is 0.191 e. The number of aromatic nitrogens is 3. The van der Waals surface area contributed by atoms with Crippen molar-refractivity contribution >= 4 is 29.9 Å². The molecule has 1 fully saturated rings. The molecule has 1 saturated carbocycles. The minimum atomic E-state index is -0.154. The zero-order valence-electron chi connectivity index (χ0n) is 16.1. The van der Waals surface area contributed by atoms with Gasteiger partial charge in [0, 0.05) is 32.8 Å². The van der Waals surface area contributed by atoms with Crippen LogP contribution in [0.5, 0.6) is 0 Å². The number of aliphatic imine (C=N–C) groups is 1. The Morgan fingerprint density at radius 2 is 2.04 bits per heavy atom.